The van der Waals surface area contributed by atoms with Gasteiger partial charge in [-0.1, -0.05) is 11.6 Å². The molecule has 0 aliphatic carbocycles. The van der Waals surface area contributed by atoms with Crippen molar-refractivity contribution in [1.82, 2.24) is 4.98 Å². The first-order valence-electron chi connectivity index (χ1n) is 2.98. The Morgan fingerprint density at radius 3 is 2.58 bits per heavy atom. The highest BCUT2D eigenvalue weighted by Crippen LogP contribution is 2.12. The summed E-state index contributed by atoms with van der Waals surface area (Å²) in [6.07, 6.45) is 1.14. The molecule has 12 heavy (non-hydrogen) atoms. The second kappa shape index (κ2) is 3.38. The molecule has 0 aromatic carbocycles. The van der Waals surface area contributed by atoms with E-state index in [1.807, 2.05) is 0 Å². The van der Waals surface area contributed by atoms with Crippen LogP contribution in [0.25, 0.3) is 0 Å². The topological polar surface area (TPSA) is 56.3 Å². The molecule has 0 radical (unpaired) electrons. The van der Waals surface area contributed by atoms with Crippen molar-refractivity contribution in [3.8, 4) is 0 Å². The summed E-state index contributed by atoms with van der Waals surface area (Å²) in [4.78, 5) is 3.59. The van der Waals surface area contributed by atoms with Gasteiger partial charge >= 0.3 is 0 Å². The van der Waals surface area contributed by atoms with E-state index in [0.29, 0.717) is 0 Å². The second-order valence-corrected chi connectivity index (χ2v) is 4.04. The van der Waals surface area contributed by atoms with Crippen molar-refractivity contribution in [2.24, 2.45) is 0 Å². The van der Waals surface area contributed by atoms with Crippen LogP contribution >= 0.6 is 11.6 Å². The van der Waals surface area contributed by atoms with Gasteiger partial charge in [-0.2, -0.15) is 8.42 Å². The molecule has 0 N–H and O–H groups in total. The van der Waals surface area contributed by atoms with Gasteiger partial charge in [-0.05, 0) is 12.1 Å². The molecule has 0 unspecified atom stereocenters. The Morgan fingerprint density at radius 1 is 1.50 bits per heavy atom. The van der Waals surface area contributed by atoms with Gasteiger partial charge in [0.1, 0.15) is 10.0 Å². The SMILES string of the molecule is COS(=O)(=O)c1ccc(Cl)nc1. The lowest BCUT2D eigenvalue weighted by atomic mass is 10.5. The van der Waals surface area contributed by atoms with Crippen LogP contribution in [0.5, 0.6) is 0 Å². The monoisotopic (exact) mass is 207 g/mol. The molecule has 1 heterocycles. The molecule has 0 amide bonds. The Kier molecular flexibility index (Phi) is 2.66. The number of aromatic nitrogens is 1. The quantitative estimate of drug-likeness (QED) is 0.538. The molecule has 0 spiro atoms. The van der Waals surface area contributed by atoms with E-state index in [1.165, 1.54) is 12.1 Å². The molecule has 0 saturated heterocycles. The van der Waals surface area contributed by atoms with Gasteiger partial charge in [-0.25, -0.2) is 4.98 Å². The molecule has 6 heteroatoms. The number of halogens is 1. The smallest absolute Gasteiger partial charge is 0.270 e. The minimum absolute atomic E-state index is 0.00519. The van der Waals surface area contributed by atoms with Crippen LogP contribution in [0.1, 0.15) is 0 Å². The van der Waals surface area contributed by atoms with Crippen molar-refractivity contribution >= 4 is 21.7 Å². The summed E-state index contributed by atoms with van der Waals surface area (Å²) >= 11 is 5.46. The molecule has 1 rings (SSSR count). The number of hydrogen-bond acceptors (Lipinski definition) is 4. The Morgan fingerprint density at radius 2 is 2.17 bits per heavy atom. The van der Waals surface area contributed by atoms with E-state index >= 15 is 0 Å². The van der Waals surface area contributed by atoms with Gasteiger partial charge in [0.25, 0.3) is 10.1 Å². The van der Waals surface area contributed by atoms with Gasteiger partial charge < -0.3 is 0 Å². The van der Waals surface area contributed by atoms with Gasteiger partial charge in [0.05, 0.1) is 7.11 Å². The van der Waals surface area contributed by atoms with E-state index in [9.17, 15) is 8.42 Å². The summed E-state index contributed by atoms with van der Waals surface area (Å²) in [6, 6.07) is 2.71. The van der Waals surface area contributed by atoms with Crippen molar-refractivity contribution < 1.29 is 12.6 Å². The van der Waals surface area contributed by atoms with E-state index in [4.69, 9.17) is 11.6 Å². The van der Waals surface area contributed by atoms with Gasteiger partial charge in [-0.15, -0.1) is 0 Å². The molecule has 0 aliphatic rings. The standard InChI is InChI=1S/C6H6ClNO3S/c1-11-12(9,10)5-2-3-6(7)8-4-5/h2-4H,1H3. The third-order valence-corrected chi connectivity index (χ3v) is 2.69. The number of rotatable bonds is 2. The maximum atomic E-state index is 11.0. The first-order valence-corrected chi connectivity index (χ1v) is 4.77. The fourth-order valence-corrected chi connectivity index (χ4v) is 1.33. The van der Waals surface area contributed by atoms with Gasteiger partial charge in [-0.3, -0.25) is 4.18 Å². The van der Waals surface area contributed by atoms with Crippen LogP contribution in [0.15, 0.2) is 23.2 Å². The van der Waals surface area contributed by atoms with Crippen LogP contribution in [0, 0.1) is 0 Å². The minimum atomic E-state index is -3.64. The average Bonchev–Trinajstić information content (AvgIpc) is 2.05. The van der Waals surface area contributed by atoms with Crippen molar-refractivity contribution in [1.29, 1.82) is 0 Å². The Labute approximate surface area is 75.3 Å². The highest BCUT2D eigenvalue weighted by molar-refractivity contribution is 7.86. The lowest BCUT2D eigenvalue weighted by Gasteiger charge is -1.98. The summed E-state index contributed by atoms with van der Waals surface area (Å²) < 4.78 is 26.3. The molecule has 66 valence electrons. The van der Waals surface area contributed by atoms with Gasteiger partial charge in [0.15, 0.2) is 0 Å². The Balaban J connectivity index is 3.14. The van der Waals surface area contributed by atoms with Crippen molar-refractivity contribution in [3.63, 3.8) is 0 Å². The summed E-state index contributed by atoms with van der Waals surface area (Å²) in [5.74, 6) is 0. The number of hydrogen-bond donors (Lipinski definition) is 0. The first-order chi connectivity index (χ1) is 5.56. The summed E-state index contributed by atoms with van der Waals surface area (Å²) in [5, 5.41) is 0.241. The lowest BCUT2D eigenvalue weighted by Crippen LogP contribution is -2.02. The van der Waals surface area contributed by atoms with E-state index in [1.54, 1.807) is 0 Å². The summed E-state index contributed by atoms with van der Waals surface area (Å²) in [5.41, 5.74) is 0. The maximum absolute atomic E-state index is 11.0. The molecule has 0 saturated carbocycles. The zero-order chi connectivity index (χ0) is 9.19. The van der Waals surface area contributed by atoms with Crippen molar-refractivity contribution in [2.45, 2.75) is 4.90 Å². The minimum Gasteiger partial charge on any atom is -0.270 e. The van der Waals surface area contributed by atoms with Crippen LogP contribution in [0.3, 0.4) is 0 Å². The van der Waals surface area contributed by atoms with Crippen LogP contribution in [0.2, 0.25) is 5.15 Å². The van der Waals surface area contributed by atoms with Gasteiger partial charge in [0, 0.05) is 6.20 Å². The molecule has 0 fully saturated rings. The zero-order valence-electron chi connectivity index (χ0n) is 6.19. The number of pyridine rings is 1. The Hall–Kier alpha value is -0.650. The van der Waals surface area contributed by atoms with Crippen LogP contribution in [-0.2, 0) is 14.3 Å². The van der Waals surface area contributed by atoms with Crippen LogP contribution < -0.4 is 0 Å². The largest absolute Gasteiger partial charge is 0.298 e. The third-order valence-electron chi connectivity index (χ3n) is 1.21. The maximum Gasteiger partial charge on any atom is 0.298 e. The molecule has 1 aromatic rings. The van der Waals surface area contributed by atoms with Crippen LogP contribution in [-0.4, -0.2) is 20.5 Å². The van der Waals surface area contributed by atoms with Crippen LogP contribution in [0.4, 0.5) is 0 Å². The summed E-state index contributed by atoms with van der Waals surface area (Å²) in [7, 11) is -2.55. The fraction of sp³-hybridized carbons (Fsp3) is 0.167. The van der Waals surface area contributed by atoms with E-state index in [-0.39, 0.29) is 10.0 Å². The van der Waals surface area contributed by atoms with Gasteiger partial charge in [0.2, 0.25) is 0 Å². The predicted octanol–water partition coefficient (Wildman–Crippen LogP) is 1.07. The zero-order valence-corrected chi connectivity index (χ0v) is 7.76. The molecule has 0 atom stereocenters. The number of nitrogens with zero attached hydrogens (tertiary/aromatic N) is 1. The molecule has 0 bridgehead atoms. The Bertz CT molecular complexity index is 359. The fourth-order valence-electron chi connectivity index (χ4n) is 0.606. The highest BCUT2D eigenvalue weighted by atomic mass is 35.5. The average molecular weight is 208 g/mol. The molecule has 0 aliphatic heterocycles. The van der Waals surface area contributed by atoms with Crippen molar-refractivity contribution in [3.05, 3.63) is 23.5 Å². The molecule has 4 nitrogen and oxygen atoms in total. The highest BCUT2D eigenvalue weighted by Gasteiger charge is 2.12. The summed E-state index contributed by atoms with van der Waals surface area (Å²) in [6.45, 7) is 0. The van der Waals surface area contributed by atoms with E-state index in [2.05, 4.69) is 9.17 Å². The van der Waals surface area contributed by atoms with Crippen molar-refractivity contribution in [2.75, 3.05) is 7.11 Å². The molecular formula is C6H6ClNO3S. The molecular weight excluding hydrogens is 202 g/mol. The van der Waals surface area contributed by atoms with E-state index < -0.39 is 10.1 Å². The third kappa shape index (κ3) is 1.94. The normalized spacial score (nSPS) is 11.5. The van der Waals surface area contributed by atoms with E-state index in [0.717, 1.165) is 13.3 Å². The second-order valence-electron chi connectivity index (χ2n) is 1.94. The molecule has 1 aromatic heterocycles. The first kappa shape index (κ1) is 9.44. The predicted molar refractivity (Wildman–Crippen MR) is 43.4 cm³/mol. The lowest BCUT2D eigenvalue weighted by molar-refractivity contribution is 0.397.